The zero-order valence-electron chi connectivity index (χ0n) is 14.1. The van der Waals surface area contributed by atoms with E-state index in [9.17, 15) is 9.59 Å². The summed E-state index contributed by atoms with van der Waals surface area (Å²) in [5.41, 5.74) is 1.11. The molecule has 0 saturated carbocycles. The van der Waals surface area contributed by atoms with Crippen LogP contribution in [0.2, 0.25) is 0 Å². The third-order valence-corrected chi connectivity index (χ3v) is 4.09. The number of rotatable bonds is 7. The maximum absolute atomic E-state index is 12.3. The van der Waals surface area contributed by atoms with Gasteiger partial charge >= 0.3 is 0 Å². The summed E-state index contributed by atoms with van der Waals surface area (Å²) in [4.78, 5) is 25.6. The lowest BCUT2D eigenvalue weighted by molar-refractivity contribution is -0.134. The number of aryl methyl sites for hydroxylation is 1. The third kappa shape index (κ3) is 4.29. The summed E-state index contributed by atoms with van der Waals surface area (Å²) in [5, 5.41) is 3.89. The molecular formula is C19H21N3O3. The second-order valence-electron chi connectivity index (χ2n) is 5.92. The number of aromatic nitrogens is 1. The van der Waals surface area contributed by atoms with Crippen LogP contribution in [-0.4, -0.2) is 34.9 Å². The number of para-hydroxylation sites is 1. The average molecular weight is 339 g/mol. The van der Waals surface area contributed by atoms with E-state index in [-0.39, 0.29) is 18.4 Å². The van der Waals surface area contributed by atoms with Gasteiger partial charge in [-0.2, -0.15) is 0 Å². The molecule has 0 fully saturated rings. The Kier molecular flexibility index (Phi) is 5.18. The number of nitrogens with zero attached hydrogens (tertiary/aromatic N) is 2. The van der Waals surface area contributed by atoms with Gasteiger partial charge in [-0.05, 0) is 29.7 Å². The van der Waals surface area contributed by atoms with Crippen LogP contribution in [0.1, 0.15) is 12.2 Å². The Morgan fingerprint density at radius 2 is 2.00 bits per heavy atom. The van der Waals surface area contributed by atoms with Crippen molar-refractivity contribution in [1.29, 1.82) is 0 Å². The largest absolute Gasteiger partial charge is 0.467 e. The molecule has 0 unspecified atom stereocenters. The van der Waals surface area contributed by atoms with E-state index in [1.807, 2.05) is 36.5 Å². The van der Waals surface area contributed by atoms with Crippen molar-refractivity contribution >= 4 is 22.7 Å². The Labute approximate surface area is 146 Å². The summed E-state index contributed by atoms with van der Waals surface area (Å²) in [6, 6.07) is 13.6. The molecular weight excluding hydrogens is 318 g/mol. The van der Waals surface area contributed by atoms with Gasteiger partial charge < -0.3 is 19.2 Å². The maximum atomic E-state index is 12.3. The van der Waals surface area contributed by atoms with Crippen LogP contribution in [0.15, 0.2) is 59.3 Å². The van der Waals surface area contributed by atoms with E-state index < -0.39 is 0 Å². The molecule has 130 valence electrons. The fourth-order valence-electron chi connectivity index (χ4n) is 2.70. The summed E-state index contributed by atoms with van der Waals surface area (Å²) < 4.78 is 7.21. The van der Waals surface area contributed by atoms with E-state index in [1.165, 1.54) is 4.90 Å². The highest BCUT2D eigenvalue weighted by Gasteiger charge is 2.13. The van der Waals surface area contributed by atoms with Crippen molar-refractivity contribution in [3.8, 4) is 0 Å². The first-order valence-electron chi connectivity index (χ1n) is 8.20. The molecule has 1 aromatic carbocycles. The van der Waals surface area contributed by atoms with Gasteiger partial charge in [-0.15, -0.1) is 0 Å². The molecule has 0 aliphatic carbocycles. The predicted molar refractivity (Wildman–Crippen MR) is 94.7 cm³/mol. The SMILES string of the molecule is CN(CC(=O)NCc1ccco1)C(=O)CCn1ccc2ccccc21. The molecule has 0 saturated heterocycles. The molecule has 3 aromatic rings. The fraction of sp³-hybridized carbons (Fsp3) is 0.263. The van der Waals surface area contributed by atoms with Gasteiger partial charge in [0.1, 0.15) is 5.76 Å². The first-order chi connectivity index (χ1) is 12.1. The summed E-state index contributed by atoms with van der Waals surface area (Å²) in [5.74, 6) is 0.409. The quantitative estimate of drug-likeness (QED) is 0.719. The van der Waals surface area contributed by atoms with E-state index >= 15 is 0 Å². The van der Waals surface area contributed by atoms with Gasteiger partial charge in [0.2, 0.25) is 11.8 Å². The van der Waals surface area contributed by atoms with Crippen molar-refractivity contribution in [2.45, 2.75) is 19.5 Å². The maximum Gasteiger partial charge on any atom is 0.239 e. The molecule has 6 heteroatoms. The van der Waals surface area contributed by atoms with Crippen LogP contribution in [0.5, 0.6) is 0 Å². The first-order valence-corrected chi connectivity index (χ1v) is 8.20. The number of nitrogens with one attached hydrogen (secondary N) is 1. The zero-order valence-corrected chi connectivity index (χ0v) is 14.1. The van der Waals surface area contributed by atoms with Gasteiger partial charge in [0, 0.05) is 31.7 Å². The minimum atomic E-state index is -0.210. The van der Waals surface area contributed by atoms with E-state index in [0.29, 0.717) is 25.3 Å². The highest BCUT2D eigenvalue weighted by Crippen LogP contribution is 2.15. The second-order valence-corrected chi connectivity index (χ2v) is 5.92. The molecule has 0 aliphatic rings. The van der Waals surface area contributed by atoms with Gasteiger partial charge in [-0.1, -0.05) is 18.2 Å². The normalized spacial score (nSPS) is 10.8. The lowest BCUT2D eigenvalue weighted by Gasteiger charge is -2.17. The smallest absolute Gasteiger partial charge is 0.239 e. The lowest BCUT2D eigenvalue weighted by Crippen LogP contribution is -2.38. The Morgan fingerprint density at radius 3 is 2.80 bits per heavy atom. The van der Waals surface area contributed by atoms with Crippen LogP contribution in [0.3, 0.4) is 0 Å². The van der Waals surface area contributed by atoms with Crippen LogP contribution >= 0.6 is 0 Å². The average Bonchev–Trinajstić information content (AvgIpc) is 3.27. The Bertz CT molecular complexity index is 852. The Balaban J connectivity index is 1.46. The topological polar surface area (TPSA) is 67.5 Å². The van der Waals surface area contributed by atoms with Gasteiger partial charge in [-0.25, -0.2) is 0 Å². The van der Waals surface area contributed by atoms with Crippen LogP contribution in [0.25, 0.3) is 10.9 Å². The van der Waals surface area contributed by atoms with Crippen LogP contribution in [0.4, 0.5) is 0 Å². The van der Waals surface area contributed by atoms with E-state index in [0.717, 1.165) is 10.9 Å². The number of carbonyl (C=O) groups excluding carboxylic acids is 2. The molecule has 2 heterocycles. The lowest BCUT2D eigenvalue weighted by atomic mass is 10.2. The van der Waals surface area contributed by atoms with E-state index in [4.69, 9.17) is 4.42 Å². The first kappa shape index (κ1) is 16.8. The predicted octanol–water partition coefficient (Wildman–Crippen LogP) is 2.40. The van der Waals surface area contributed by atoms with Crippen molar-refractivity contribution in [1.82, 2.24) is 14.8 Å². The number of hydrogen-bond donors (Lipinski definition) is 1. The second kappa shape index (κ2) is 7.70. The minimum absolute atomic E-state index is 0.0337. The van der Waals surface area contributed by atoms with Gasteiger partial charge in [0.15, 0.2) is 0 Å². The molecule has 0 bridgehead atoms. The number of furan rings is 1. The van der Waals surface area contributed by atoms with Crippen molar-refractivity contribution in [3.05, 3.63) is 60.7 Å². The summed E-state index contributed by atoms with van der Waals surface area (Å²) in [7, 11) is 1.64. The summed E-state index contributed by atoms with van der Waals surface area (Å²) in [6.07, 6.45) is 3.89. The number of carbonyl (C=O) groups is 2. The van der Waals surface area contributed by atoms with E-state index in [2.05, 4.69) is 9.88 Å². The number of benzene rings is 1. The number of fused-ring (bicyclic) bond motifs is 1. The van der Waals surface area contributed by atoms with Crippen molar-refractivity contribution in [3.63, 3.8) is 0 Å². The van der Waals surface area contributed by atoms with E-state index in [1.54, 1.807) is 25.4 Å². The monoisotopic (exact) mass is 339 g/mol. The minimum Gasteiger partial charge on any atom is -0.467 e. The summed E-state index contributed by atoms with van der Waals surface area (Å²) >= 11 is 0. The molecule has 0 radical (unpaired) electrons. The Morgan fingerprint density at radius 1 is 1.16 bits per heavy atom. The Hall–Kier alpha value is -3.02. The van der Waals surface area contributed by atoms with Crippen LogP contribution in [-0.2, 0) is 22.7 Å². The highest BCUT2D eigenvalue weighted by molar-refractivity contribution is 5.85. The molecule has 0 atom stereocenters. The van der Waals surface area contributed by atoms with Crippen molar-refractivity contribution in [2.24, 2.45) is 0 Å². The zero-order chi connectivity index (χ0) is 17.6. The van der Waals surface area contributed by atoms with Gasteiger partial charge in [0.25, 0.3) is 0 Å². The number of hydrogen-bond acceptors (Lipinski definition) is 3. The van der Waals surface area contributed by atoms with Crippen LogP contribution in [0, 0.1) is 0 Å². The van der Waals surface area contributed by atoms with Crippen LogP contribution < -0.4 is 5.32 Å². The summed E-state index contributed by atoms with van der Waals surface area (Å²) in [6.45, 7) is 0.944. The molecule has 25 heavy (non-hydrogen) atoms. The molecule has 6 nitrogen and oxygen atoms in total. The van der Waals surface area contributed by atoms with Gasteiger partial charge in [0.05, 0.1) is 19.4 Å². The van der Waals surface area contributed by atoms with Crippen molar-refractivity contribution < 1.29 is 14.0 Å². The fourth-order valence-corrected chi connectivity index (χ4v) is 2.70. The molecule has 3 rings (SSSR count). The number of likely N-dealkylation sites (N-methyl/N-ethyl adjacent to an activating group) is 1. The highest BCUT2D eigenvalue weighted by atomic mass is 16.3. The molecule has 2 aromatic heterocycles. The molecule has 0 aliphatic heterocycles. The number of amides is 2. The molecule has 0 spiro atoms. The standard InChI is InChI=1S/C19H21N3O3/c1-21(14-18(23)20-13-16-6-4-12-25-16)19(24)9-11-22-10-8-15-5-2-3-7-17(15)22/h2-8,10,12H,9,11,13-14H2,1H3,(H,20,23). The molecule has 1 N–H and O–H groups in total. The van der Waals surface area contributed by atoms with Gasteiger partial charge in [-0.3, -0.25) is 9.59 Å². The van der Waals surface area contributed by atoms with Crippen molar-refractivity contribution in [2.75, 3.05) is 13.6 Å². The molecule has 2 amide bonds. The third-order valence-electron chi connectivity index (χ3n) is 4.09.